The third-order valence-electron chi connectivity index (χ3n) is 5.04. The van der Waals surface area contributed by atoms with Crippen LogP contribution in [0.2, 0.25) is 0 Å². The highest BCUT2D eigenvalue weighted by Crippen LogP contribution is 2.21. The Balaban J connectivity index is 1.69. The SMILES string of the molecule is O=C(O)CCCCCCN1C(=O)CCC1C=C[C@@H](O)CCC#Cc1ccccc1. The first-order chi connectivity index (χ1) is 14.1. The van der Waals surface area contributed by atoms with Gasteiger partial charge in [-0.2, -0.15) is 0 Å². The minimum Gasteiger partial charge on any atom is -0.481 e. The fourth-order valence-corrected chi connectivity index (χ4v) is 3.42. The van der Waals surface area contributed by atoms with Gasteiger partial charge < -0.3 is 15.1 Å². The average molecular weight is 398 g/mol. The van der Waals surface area contributed by atoms with Gasteiger partial charge in [-0.25, -0.2) is 0 Å². The van der Waals surface area contributed by atoms with E-state index in [1.807, 2.05) is 41.3 Å². The Morgan fingerprint density at radius 3 is 2.72 bits per heavy atom. The number of carboxylic acids is 1. The van der Waals surface area contributed by atoms with Crippen molar-refractivity contribution in [1.82, 2.24) is 4.90 Å². The summed E-state index contributed by atoms with van der Waals surface area (Å²) in [6, 6.07) is 9.82. The van der Waals surface area contributed by atoms with Gasteiger partial charge in [-0.3, -0.25) is 9.59 Å². The number of nitrogens with zero attached hydrogens (tertiary/aromatic N) is 1. The van der Waals surface area contributed by atoms with Gasteiger partial charge in [0.2, 0.25) is 5.91 Å². The van der Waals surface area contributed by atoms with Gasteiger partial charge in [0.05, 0.1) is 12.1 Å². The smallest absolute Gasteiger partial charge is 0.303 e. The molecule has 1 saturated heterocycles. The van der Waals surface area contributed by atoms with E-state index in [0.717, 1.165) is 31.2 Å². The van der Waals surface area contributed by atoms with Crippen molar-refractivity contribution >= 4 is 11.9 Å². The van der Waals surface area contributed by atoms with Gasteiger partial charge in [0.25, 0.3) is 0 Å². The normalized spacial score (nSPS) is 17.3. The van der Waals surface area contributed by atoms with Crippen LogP contribution in [0.3, 0.4) is 0 Å². The summed E-state index contributed by atoms with van der Waals surface area (Å²) in [4.78, 5) is 24.5. The van der Waals surface area contributed by atoms with Gasteiger partial charge in [0, 0.05) is 31.4 Å². The second kappa shape index (κ2) is 12.8. The molecule has 2 rings (SSSR count). The number of rotatable bonds is 11. The first kappa shape index (κ1) is 22.7. The molecule has 1 amide bonds. The Labute approximate surface area is 173 Å². The zero-order valence-electron chi connectivity index (χ0n) is 16.9. The lowest BCUT2D eigenvalue weighted by atomic mass is 10.1. The average Bonchev–Trinajstić information content (AvgIpc) is 3.06. The number of aliphatic hydroxyl groups is 1. The lowest BCUT2D eigenvalue weighted by Crippen LogP contribution is -2.32. The largest absolute Gasteiger partial charge is 0.481 e. The predicted molar refractivity (Wildman–Crippen MR) is 113 cm³/mol. The van der Waals surface area contributed by atoms with E-state index in [4.69, 9.17) is 5.11 Å². The molecule has 0 aliphatic carbocycles. The lowest BCUT2D eigenvalue weighted by Gasteiger charge is -2.22. The Kier molecular flexibility index (Phi) is 10.0. The molecule has 1 aromatic rings. The maximum atomic E-state index is 12.1. The van der Waals surface area contributed by atoms with E-state index >= 15 is 0 Å². The highest BCUT2D eigenvalue weighted by molar-refractivity contribution is 5.79. The van der Waals surface area contributed by atoms with Crippen LogP contribution in [0.25, 0.3) is 0 Å². The minimum absolute atomic E-state index is 0.0478. The number of carbonyl (C=O) groups is 2. The van der Waals surface area contributed by atoms with Crippen LogP contribution in [0.15, 0.2) is 42.5 Å². The maximum Gasteiger partial charge on any atom is 0.303 e. The highest BCUT2D eigenvalue weighted by Gasteiger charge is 2.28. The molecule has 5 heteroatoms. The monoisotopic (exact) mass is 397 g/mol. The lowest BCUT2D eigenvalue weighted by molar-refractivity contribution is -0.137. The van der Waals surface area contributed by atoms with Crippen LogP contribution in [-0.2, 0) is 9.59 Å². The number of hydrogen-bond acceptors (Lipinski definition) is 3. The minimum atomic E-state index is -0.755. The number of benzene rings is 1. The first-order valence-corrected chi connectivity index (χ1v) is 10.5. The predicted octanol–water partition coefficient (Wildman–Crippen LogP) is 3.76. The molecule has 0 spiro atoms. The molecule has 1 aliphatic heterocycles. The summed E-state index contributed by atoms with van der Waals surface area (Å²) in [6.07, 6.45) is 9.27. The van der Waals surface area contributed by atoms with Gasteiger partial charge in [-0.05, 0) is 37.8 Å². The van der Waals surface area contributed by atoms with E-state index in [1.165, 1.54) is 0 Å². The molecule has 2 N–H and O–H groups in total. The van der Waals surface area contributed by atoms with Crippen molar-refractivity contribution in [3.05, 3.63) is 48.0 Å². The Bertz CT molecular complexity index is 732. The van der Waals surface area contributed by atoms with Crippen LogP contribution >= 0.6 is 0 Å². The Hall–Kier alpha value is -2.58. The summed E-state index contributed by atoms with van der Waals surface area (Å²) in [5.74, 6) is 5.57. The van der Waals surface area contributed by atoms with Crippen LogP contribution in [0, 0.1) is 11.8 Å². The van der Waals surface area contributed by atoms with E-state index in [2.05, 4.69) is 11.8 Å². The molecule has 0 bridgehead atoms. The number of hydrogen-bond donors (Lipinski definition) is 2. The molecular formula is C24H31NO4. The molecule has 0 saturated carbocycles. The summed E-state index contributed by atoms with van der Waals surface area (Å²) in [7, 11) is 0. The first-order valence-electron chi connectivity index (χ1n) is 10.5. The molecule has 1 unspecified atom stereocenters. The molecule has 1 fully saturated rings. The number of likely N-dealkylation sites (tertiary alicyclic amines) is 1. The molecular weight excluding hydrogens is 366 g/mol. The molecule has 1 heterocycles. The van der Waals surface area contributed by atoms with Gasteiger partial charge in [-0.15, -0.1) is 0 Å². The van der Waals surface area contributed by atoms with E-state index in [9.17, 15) is 14.7 Å². The third kappa shape index (κ3) is 8.97. The molecule has 1 aliphatic rings. The summed E-state index contributed by atoms with van der Waals surface area (Å²) in [6.45, 7) is 0.694. The topological polar surface area (TPSA) is 77.8 Å². The number of amides is 1. The fraction of sp³-hybridized carbons (Fsp3) is 0.500. The molecule has 156 valence electrons. The van der Waals surface area contributed by atoms with Crippen LogP contribution in [0.5, 0.6) is 0 Å². The van der Waals surface area contributed by atoms with Crippen molar-refractivity contribution in [3.8, 4) is 11.8 Å². The Morgan fingerprint density at radius 2 is 1.97 bits per heavy atom. The van der Waals surface area contributed by atoms with Gasteiger partial charge in [0.1, 0.15) is 0 Å². The molecule has 1 aromatic carbocycles. The van der Waals surface area contributed by atoms with Crippen molar-refractivity contribution in [1.29, 1.82) is 0 Å². The number of carbonyl (C=O) groups excluding carboxylic acids is 1. The molecule has 0 aromatic heterocycles. The fourth-order valence-electron chi connectivity index (χ4n) is 3.42. The van der Waals surface area contributed by atoms with Crippen LogP contribution in [0.1, 0.15) is 63.4 Å². The van der Waals surface area contributed by atoms with Gasteiger partial charge >= 0.3 is 5.97 Å². The molecule has 0 radical (unpaired) electrons. The van der Waals surface area contributed by atoms with Crippen molar-refractivity contribution in [2.24, 2.45) is 0 Å². The van der Waals surface area contributed by atoms with E-state index in [-0.39, 0.29) is 18.4 Å². The van der Waals surface area contributed by atoms with Crippen molar-refractivity contribution in [3.63, 3.8) is 0 Å². The number of carboxylic acid groups (broad SMARTS) is 1. The second-order valence-corrected chi connectivity index (χ2v) is 7.41. The van der Waals surface area contributed by atoms with Crippen LogP contribution in [-0.4, -0.2) is 45.7 Å². The highest BCUT2D eigenvalue weighted by atomic mass is 16.4. The van der Waals surface area contributed by atoms with Gasteiger partial charge in [-0.1, -0.05) is 55.0 Å². The van der Waals surface area contributed by atoms with Crippen molar-refractivity contribution in [2.75, 3.05) is 6.54 Å². The van der Waals surface area contributed by atoms with E-state index in [1.54, 1.807) is 6.08 Å². The van der Waals surface area contributed by atoms with E-state index in [0.29, 0.717) is 32.2 Å². The van der Waals surface area contributed by atoms with Crippen LogP contribution in [0.4, 0.5) is 0 Å². The maximum absolute atomic E-state index is 12.1. The summed E-state index contributed by atoms with van der Waals surface area (Å²) >= 11 is 0. The van der Waals surface area contributed by atoms with Crippen molar-refractivity contribution < 1.29 is 19.8 Å². The zero-order chi connectivity index (χ0) is 20.9. The summed E-state index contributed by atoms with van der Waals surface area (Å²) in [5.41, 5.74) is 0.973. The molecule has 29 heavy (non-hydrogen) atoms. The standard InChI is InChI=1S/C24H31NO4/c26-22(13-8-7-12-20-10-4-3-5-11-20)17-15-21-16-18-23(27)25(21)19-9-2-1-6-14-24(28)29/h3-5,10-11,15,17,21-22,26H,1-2,6,8-9,13-14,16,18-19H2,(H,28,29)/t21?,22-/m0/s1. The zero-order valence-corrected chi connectivity index (χ0v) is 16.9. The third-order valence-corrected chi connectivity index (χ3v) is 5.04. The number of aliphatic hydroxyl groups excluding tert-OH is 1. The molecule has 5 nitrogen and oxygen atoms in total. The quantitative estimate of drug-likeness (QED) is 0.339. The summed E-state index contributed by atoms with van der Waals surface area (Å²) in [5, 5.41) is 18.8. The Morgan fingerprint density at radius 1 is 1.21 bits per heavy atom. The van der Waals surface area contributed by atoms with E-state index < -0.39 is 12.1 Å². The number of aliphatic carboxylic acids is 1. The summed E-state index contributed by atoms with van der Waals surface area (Å²) < 4.78 is 0. The van der Waals surface area contributed by atoms with Gasteiger partial charge in [0.15, 0.2) is 0 Å². The van der Waals surface area contributed by atoms with Crippen LogP contribution < -0.4 is 0 Å². The molecule has 2 atom stereocenters. The number of unbranched alkanes of at least 4 members (excludes halogenated alkanes) is 3. The van der Waals surface area contributed by atoms with Crippen molar-refractivity contribution in [2.45, 2.75) is 69.9 Å². The second-order valence-electron chi connectivity index (χ2n) is 7.41.